The molecular weight excluding hydrogens is 366 g/mol. The number of hydrogen-bond donors (Lipinski definition) is 3. The average molecular weight is 389 g/mol. The zero-order valence-electron chi connectivity index (χ0n) is 15.7. The predicted octanol–water partition coefficient (Wildman–Crippen LogP) is 1.42. The zero-order valence-corrected chi connectivity index (χ0v) is 15.7. The van der Waals surface area contributed by atoms with E-state index in [9.17, 15) is 24.3 Å². The van der Waals surface area contributed by atoms with Crippen molar-refractivity contribution in [2.75, 3.05) is 0 Å². The van der Waals surface area contributed by atoms with Gasteiger partial charge in [-0.2, -0.15) is 0 Å². The van der Waals surface area contributed by atoms with E-state index in [1.807, 2.05) is 13.8 Å². The summed E-state index contributed by atoms with van der Waals surface area (Å²) in [7, 11) is 0. The Morgan fingerprint density at radius 3 is 2.46 bits per heavy atom. The van der Waals surface area contributed by atoms with Gasteiger partial charge in [0.25, 0.3) is 5.56 Å². The number of benzene rings is 1. The van der Waals surface area contributed by atoms with Gasteiger partial charge in [-0.15, -0.1) is 0 Å². The van der Waals surface area contributed by atoms with E-state index in [-0.39, 0.29) is 18.8 Å². The molecule has 28 heavy (non-hydrogen) atoms. The van der Waals surface area contributed by atoms with Crippen molar-refractivity contribution in [2.24, 2.45) is 5.92 Å². The molecule has 1 amide bonds. The zero-order chi connectivity index (χ0) is 20.8. The molecule has 1 heterocycles. The molecule has 2 aromatic rings. The van der Waals surface area contributed by atoms with Crippen molar-refractivity contribution in [1.29, 1.82) is 0 Å². The van der Waals surface area contributed by atoms with Gasteiger partial charge in [-0.05, 0) is 30.9 Å². The second-order valence-electron chi connectivity index (χ2n) is 6.95. The van der Waals surface area contributed by atoms with Crippen LogP contribution in [0.3, 0.4) is 0 Å². The molecule has 0 saturated carbocycles. The van der Waals surface area contributed by atoms with Crippen LogP contribution in [-0.4, -0.2) is 43.7 Å². The van der Waals surface area contributed by atoms with Crippen LogP contribution in [0.4, 0.5) is 0 Å². The maximum atomic E-state index is 12.8. The first-order valence-electron chi connectivity index (χ1n) is 8.91. The third kappa shape index (κ3) is 5.15. The summed E-state index contributed by atoms with van der Waals surface area (Å²) in [6.07, 6.45) is 0.917. The van der Waals surface area contributed by atoms with Crippen LogP contribution >= 0.6 is 0 Å². The highest BCUT2D eigenvalue weighted by Crippen LogP contribution is 2.18. The summed E-state index contributed by atoms with van der Waals surface area (Å²) in [5, 5.41) is 20.8. The normalized spacial score (nSPS) is 13.2. The molecule has 3 N–H and O–H groups in total. The van der Waals surface area contributed by atoms with Crippen molar-refractivity contribution in [1.82, 2.24) is 14.9 Å². The summed E-state index contributed by atoms with van der Waals surface area (Å²) in [6.45, 7) is 3.75. The van der Waals surface area contributed by atoms with E-state index < -0.39 is 41.9 Å². The lowest BCUT2D eigenvalue weighted by Crippen LogP contribution is -2.46. The minimum atomic E-state index is -1.36. The van der Waals surface area contributed by atoms with Crippen molar-refractivity contribution >= 4 is 28.7 Å². The highest BCUT2D eigenvalue weighted by atomic mass is 16.4. The summed E-state index contributed by atoms with van der Waals surface area (Å²) < 4.78 is 1.20. The SMILES string of the molecule is CC(C)CC(C(=O)NC(CCC(=O)O)C(=O)O)n1cnc2ccccc2c1=O. The standard InChI is InChI=1S/C19H23N3O6/c1-11(2)9-15(17(25)21-14(19(27)28)7-8-16(23)24)22-10-20-13-6-4-3-5-12(13)18(22)26/h3-6,10-11,14-15H,7-9H2,1-2H3,(H,21,25)(H,23,24)(H,27,28). The second-order valence-corrected chi connectivity index (χ2v) is 6.95. The fourth-order valence-electron chi connectivity index (χ4n) is 2.89. The monoisotopic (exact) mass is 389 g/mol. The van der Waals surface area contributed by atoms with Crippen LogP contribution in [0.25, 0.3) is 10.9 Å². The highest BCUT2D eigenvalue weighted by Gasteiger charge is 2.28. The lowest BCUT2D eigenvalue weighted by molar-refractivity contribution is -0.143. The van der Waals surface area contributed by atoms with Gasteiger partial charge in [0.05, 0.1) is 17.2 Å². The van der Waals surface area contributed by atoms with Gasteiger partial charge in [0.2, 0.25) is 5.91 Å². The number of carbonyl (C=O) groups is 3. The molecule has 1 aromatic heterocycles. The van der Waals surface area contributed by atoms with E-state index in [0.29, 0.717) is 10.9 Å². The maximum absolute atomic E-state index is 12.8. The predicted molar refractivity (Wildman–Crippen MR) is 101 cm³/mol. The molecule has 1 aromatic carbocycles. The number of hydrogen-bond acceptors (Lipinski definition) is 5. The lowest BCUT2D eigenvalue weighted by Gasteiger charge is -2.23. The van der Waals surface area contributed by atoms with Crippen molar-refractivity contribution in [2.45, 2.75) is 45.2 Å². The number of fused-ring (bicyclic) bond motifs is 1. The summed E-state index contributed by atoms with van der Waals surface area (Å²) in [5.41, 5.74) is 0.0983. The van der Waals surface area contributed by atoms with Gasteiger partial charge in [-0.1, -0.05) is 26.0 Å². The van der Waals surface area contributed by atoms with E-state index in [2.05, 4.69) is 10.3 Å². The molecule has 2 atom stereocenters. The van der Waals surface area contributed by atoms with Gasteiger partial charge in [0.1, 0.15) is 12.1 Å². The van der Waals surface area contributed by atoms with Crippen LogP contribution in [0.5, 0.6) is 0 Å². The van der Waals surface area contributed by atoms with Crippen LogP contribution in [0.1, 0.15) is 39.2 Å². The van der Waals surface area contributed by atoms with E-state index in [1.165, 1.54) is 10.9 Å². The van der Waals surface area contributed by atoms with Crippen molar-refractivity contribution < 1.29 is 24.6 Å². The number of nitrogens with one attached hydrogen (secondary N) is 1. The first kappa shape index (κ1) is 21.1. The smallest absolute Gasteiger partial charge is 0.326 e. The molecule has 0 bridgehead atoms. The summed E-state index contributed by atoms with van der Waals surface area (Å²) in [4.78, 5) is 52.0. The topological polar surface area (TPSA) is 139 Å². The number of aromatic nitrogens is 2. The van der Waals surface area contributed by atoms with Crippen LogP contribution in [0.15, 0.2) is 35.4 Å². The molecular formula is C19H23N3O6. The Morgan fingerprint density at radius 2 is 1.86 bits per heavy atom. The van der Waals surface area contributed by atoms with Crippen LogP contribution < -0.4 is 10.9 Å². The number of amides is 1. The Morgan fingerprint density at radius 1 is 1.18 bits per heavy atom. The van der Waals surface area contributed by atoms with Gasteiger partial charge in [0.15, 0.2) is 0 Å². The molecule has 0 aliphatic heterocycles. The van der Waals surface area contributed by atoms with Crippen LogP contribution in [0.2, 0.25) is 0 Å². The van der Waals surface area contributed by atoms with Gasteiger partial charge in [0, 0.05) is 6.42 Å². The van der Waals surface area contributed by atoms with Crippen molar-refractivity contribution in [3.63, 3.8) is 0 Å². The molecule has 9 nitrogen and oxygen atoms in total. The molecule has 2 rings (SSSR count). The first-order valence-corrected chi connectivity index (χ1v) is 8.91. The second kappa shape index (κ2) is 9.12. The Kier molecular flexibility index (Phi) is 6.86. The van der Waals surface area contributed by atoms with Gasteiger partial charge in [-0.25, -0.2) is 9.78 Å². The van der Waals surface area contributed by atoms with Crippen LogP contribution in [0, 0.1) is 5.92 Å². The number of nitrogens with zero attached hydrogens (tertiary/aromatic N) is 2. The highest BCUT2D eigenvalue weighted by molar-refractivity contribution is 5.86. The number of para-hydroxylation sites is 1. The molecule has 150 valence electrons. The lowest BCUT2D eigenvalue weighted by atomic mass is 10.0. The molecule has 0 aliphatic carbocycles. The average Bonchev–Trinajstić information content (AvgIpc) is 2.63. The molecule has 0 spiro atoms. The van der Waals surface area contributed by atoms with Crippen LogP contribution in [-0.2, 0) is 14.4 Å². The Balaban J connectivity index is 2.36. The number of carboxylic acids is 2. The van der Waals surface area contributed by atoms with E-state index >= 15 is 0 Å². The Hall–Kier alpha value is -3.23. The molecule has 0 fully saturated rings. The molecule has 2 unspecified atom stereocenters. The van der Waals surface area contributed by atoms with Crippen molar-refractivity contribution in [3.8, 4) is 0 Å². The third-order valence-electron chi connectivity index (χ3n) is 4.28. The fourth-order valence-corrected chi connectivity index (χ4v) is 2.89. The minimum Gasteiger partial charge on any atom is -0.481 e. The Bertz CT molecular complexity index is 937. The molecule has 0 saturated heterocycles. The molecule has 9 heteroatoms. The summed E-state index contributed by atoms with van der Waals surface area (Å²) >= 11 is 0. The number of carbonyl (C=O) groups excluding carboxylic acids is 1. The van der Waals surface area contributed by atoms with E-state index in [4.69, 9.17) is 5.11 Å². The van der Waals surface area contributed by atoms with Crippen molar-refractivity contribution in [3.05, 3.63) is 40.9 Å². The van der Waals surface area contributed by atoms with Gasteiger partial charge < -0.3 is 15.5 Å². The number of aliphatic carboxylic acids is 2. The summed E-state index contributed by atoms with van der Waals surface area (Å²) in [6, 6.07) is 4.42. The summed E-state index contributed by atoms with van der Waals surface area (Å²) in [5.74, 6) is -3.11. The van der Waals surface area contributed by atoms with E-state index in [0.717, 1.165) is 0 Å². The van der Waals surface area contributed by atoms with E-state index in [1.54, 1.807) is 24.3 Å². The largest absolute Gasteiger partial charge is 0.481 e. The van der Waals surface area contributed by atoms with Gasteiger partial charge in [-0.3, -0.25) is 19.0 Å². The minimum absolute atomic E-state index is 0.0383. The maximum Gasteiger partial charge on any atom is 0.326 e. The number of carboxylic acid groups (broad SMARTS) is 2. The fraction of sp³-hybridized carbons (Fsp3) is 0.421. The first-order chi connectivity index (χ1) is 13.2. The number of rotatable bonds is 9. The Labute approximate surface area is 161 Å². The van der Waals surface area contributed by atoms with Gasteiger partial charge >= 0.3 is 11.9 Å². The quantitative estimate of drug-likeness (QED) is 0.589. The third-order valence-corrected chi connectivity index (χ3v) is 4.28. The molecule has 0 aliphatic rings. The molecule has 0 radical (unpaired) electrons.